The van der Waals surface area contributed by atoms with Crippen molar-refractivity contribution in [2.75, 3.05) is 4.90 Å². The van der Waals surface area contributed by atoms with Crippen LogP contribution >= 0.6 is 11.3 Å². The molecule has 244 valence electrons. The lowest BCUT2D eigenvalue weighted by Crippen LogP contribution is -2.10. The summed E-state index contributed by atoms with van der Waals surface area (Å²) in [6, 6.07) is 72.9. The first-order valence-electron chi connectivity index (χ1n) is 17.8. The third-order valence-electron chi connectivity index (χ3n) is 10.3. The van der Waals surface area contributed by atoms with Gasteiger partial charge in [0.25, 0.3) is 0 Å². The highest BCUT2D eigenvalue weighted by Gasteiger charge is 2.19. The molecule has 0 bridgehead atoms. The number of rotatable bonds is 6. The van der Waals surface area contributed by atoms with Gasteiger partial charge in [-0.05, 0) is 103 Å². The molecule has 10 aromatic rings. The van der Waals surface area contributed by atoms with E-state index in [4.69, 9.17) is 0 Å². The van der Waals surface area contributed by atoms with E-state index in [1.807, 2.05) is 11.3 Å². The molecule has 0 radical (unpaired) electrons. The summed E-state index contributed by atoms with van der Waals surface area (Å²) in [5.41, 5.74) is 10.8. The molecule has 52 heavy (non-hydrogen) atoms. The molecule has 0 aliphatic heterocycles. The molecule has 0 saturated heterocycles. The Hall–Kier alpha value is -6.48. The van der Waals surface area contributed by atoms with Crippen LogP contribution in [0.4, 0.5) is 17.1 Å². The van der Waals surface area contributed by atoms with Crippen LogP contribution in [0.15, 0.2) is 200 Å². The lowest BCUT2D eigenvalue weighted by molar-refractivity contribution is 1.30. The molecule has 1 nitrogen and oxygen atoms in total. The minimum Gasteiger partial charge on any atom is -0.309 e. The fraction of sp³-hybridized carbons (Fsp3) is 0. The second-order valence-electron chi connectivity index (χ2n) is 13.3. The van der Waals surface area contributed by atoms with E-state index in [-0.39, 0.29) is 0 Å². The van der Waals surface area contributed by atoms with E-state index in [1.54, 1.807) is 0 Å². The van der Waals surface area contributed by atoms with Gasteiger partial charge < -0.3 is 4.90 Å². The molecule has 0 spiro atoms. The predicted octanol–water partition coefficient (Wildman–Crippen LogP) is 14.8. The zero-order valence-electron chi connectivity index (χ0n) is 28.4. The van der Waals surface area contributed by atoms with Crippen LogP contribution in [0, 0.1) is 0 Å². The maximum absolute atomic E-state index is 2.42. The van der Waals surface area contributed by atoms with Crippen molar-refractivity contribution in [3.63, 3.8) is 0 Å². The fourth-order valence-electron chi connectivity index (χ4n) is 7.74. The van der Waals surface area contributed by atoms with Gasteiger partial charge in [0.1, 0.15) is 0 Å². The summed E-state index contributed by atoms with van der Waals surface area (Å²) < 4.78 is 2.59. The zero-order chi connectivity index (χ0) is 34.4. The highest BCUT2D eigenvalue weighted by molar-refractivity contribution is 7.26. The monoisotopic (exact) mass is 679 g/mol. The number of nitrogens with zero attached hydrogens (tertiary/aromatic N) is 1. The number of hydrogen-bond acceptors (Lipinski definition) is 2. The molecule has 1 heterocycles. The van der Waals surface area contributed by atoms with Crippen molar-refractivity contribution in [2.24, 2.45) is 0 Å². The van der Waals surface area contributed by atoms with E-state index in [0.717, 1.165) is 11.4 Å². The topological polar surface area (TPSA) is 3.24 Å². The number of fused-ring (bicyclic) bond motifs is 5. The highest BCUT2D eigenvalue weighted by Crippen LogP contribution is 2.45. The van der Waals surface area contributed by atoms with E-state index < -0.39 is 0 Å². The van der Waals surface area contributed by atoms with Crippen molar-refractivity contribution in [1.82, 2.24) is 0 Å². The van der Waals surface area contributed by atoms with Gasteiger partial charge in [-0.15, -0.1) is 11.3 Å². The maximum Gasteiger partial charge on any atom is 0.0640 e. The molecular formula is C50H33NS. The van der Waals surface area contributed by atoms with Gasteiger partial charge in [-0.3, -0.25) is 0 Å². The van der Waals surface area contributed by atoms with Gasteiger partial charge in [0.2, 0.25) is 0 Å². The van der Waals surface area contributed by atoms with Crippen LogP contribution < -0.4 is 4.90 Å². The van der Waals surface area contributed by atoms with Gasteiger partial charge in [-0.2, -0.15) is 0 Å². The molecule has 0 fully saturated rings. The smallest absolute Gasteiger partial charge is 0.0640 e. The lowest BCUT2D eigenvalue weighted by atomic mass is 9.93. The molecule has 0 unspecified atom stereocenters. The molecule has 10 rings (SSSR count). The SMILES string of the molecule is c1ccc(-c2cc(-c3ccc(N(c4ccc(-c5cccc6ccccc56)cc4)c4cccc5c4sc4ccccc45)cc3)c3ccccc3c2)cc1. The van der Waals surface area contributed by atoms with Crippen LogP contribution in [0.3, 0.4) is 0 Å². The van der Waals surface area contributed by atoms with Crippen LogP contribution in [0.1, 0.15) is 0 Å². The quantitative estimate of drug-likeness (QED) is 0.169. The summed E-state index contributed by atoms with van der Waals surface area (Å²) in [4.78, 5) is 2.42. The predicted molar refractivity (Wildman–Crippen MR) is 225 cm³/mol. The average molecular weight is 680 g/mol. The Morgan fingerprint density at radius 1 is 0.327 bits per heavy atom. The maximum atomic E-state index is 2.42. The van der Waals surface area contributed by atoms with Crippen LogP contribution in [0.5, 0.6) is 0 Å². The second kappa shape index (κ2) is 12.7. The Bertz CT molecular complexity index is 2880. The fourth-order valence-corrected chi connectivity index (χ4v) is 8.95. The largest absolute Gasteiger partial charge is 0.309 e. The first-order valence-corrected chi connectivity index (χ1v) is 18.6. The van der Waals surface area contributed by atoms with Crippen molar-refractivity contribution in [3.8, 4) is 33.4 Å². The number of thiophene rings is 1. The van der Waals surface area contributed by atoms with Crippen molar-refractivity contribution in [3.05, 3.63) is 200 Å². The van der Waals surface area contributed by atoms with Crippen molar-refractivity contribution in [1.29, 1.82) is 0 Å². The van der Waals surface area contributed by atoms with Crippen molar-refractivity contribution < 1.29 is 0 Å². The Balaban J connectivity index is 1.12. The van der Waals surface area contributed by atoms with Crippen LogP contribution in [-0.4, -0.2) is 0 Å². The molecule has 0 amide bonds. The van der Waals surface area contributed by atoms with Crippen molar-refractivity contribution >= 4 is 70.1 Å². The Morgan fingerprint density at radius 2 is 0.885 bits per heavy atom. The first kappa shape index (κ1) is 30.4. The third kappa shape index (κ3) is 5.24. The van der Waals surface area contributed by atoms with Gasteiger partial charge in [0, 0.05) is 26.8 Å². The lowest BCUT2D eigenvalue weighted by Gasteiger charge is -2.26. The van der Waals surface area contributed by atoms with E-state index in [9.17, 15) is 0 Å². The Labute approximate surface area is 307 Å². The van der Waals surface area contributed by atoms with Crippen LogP contribution in [-0.2, 0) is 0 Å². The molecule has 0 N–H and O–H groups in total. The number of benzene rings is 9. The van der Waals surface area contributed by atoms with Crippen molar-refractivity contribution in [2.45, 2.75) is 0 Å². The molecular weight excluding hydrogens is 647 g/mol. The van der Waals surface area contributed by atoms with E-state index in [1.165, 1.54) is 80.8 Å². The summed E-state index contributed by atoms with van der Waals surface area (Å²) in [6.45, 7) is 0. The van der Waals surface area contributed by atoms with Gasteiger partial charge in [0.15, 0.2) is 0 Å². The summed E-state index contributed by atoms with van der Waals surface area (Å²) in [7, 11) is 0. The van der Waals surface area contributed by atoms with E-state index in [0.29, 0.717) is 0 Å². The van der Waals surface area contributed by atoms with Crippen LogP contribution in [0.2, 0.25) is 0 Å². The Morgan fingerprint density at radius 3 is 1.63 bits per heavy atom. The summed E-state index contributed by atoms with van der Waals surface area (Å²) >= 11 is 1.87. The van der Waals surface area contributed by atoms with Crippen LogP contribution in [0.25, 0.3) is 75.1 Å². The van der Waals surface area contributed by atoms with Gasteiger partial charge in [-0.1, -0.05) is 152 Å². The standard InChI is InChI=1S/C50H33NS/c1-2-12-34(13-3-1)39-32-38-15-5-7-18-44(38)47(33-39)37-26-30-41(31-27-37)51(48-22-11-21-46-45-19-8-9-23-49(45)52-50(46)48)40-28-24-36(25-29-40)43-20-10-16-35-14-4-6-17-42(35)43/h1-33H. The third-order valence-corrected chi connectivity index (χ3v) is 11.5. The molecule has 9 aromatic carbocycles. The summed E-state index contributed by atoms with van der Waals surface area (Å²) in [5.74, 6) is 0. The van der Waals surface area contributed by atoms with Gasteiger partial charge in [0.05, 0.1) is 10.4 Å². The van der Waals surface area contributed by atoms with E-state index in [2.05, 4.69) is 205 Å². The second-order valence-corrected chi connectivity index (χ2v) is 14.4. The minimum atomic E-state index is 1.12. The zero-order valence-corrected chi connectivity index (χ0v) is 29.2. The highest BCUT2D eigenvalue weighted by atomic mass is 32.1. The molecule has 2 heteroatoms. The van der Waals surface area contributed by atoms with Gasteiger partial charge >= 0.3 is 0 Å². The first-order chi connectivity index (χ1) is 25.8. The molecule has 0 aliphatic rings. The van der Waals surface area contributed by atoms with E-state index >= 15 is 0 Å². The number of anilines is 3. The summed E-state index contributed by atoms with van der Waals surface area (Å²) in [6.07, 6.45) is 0. The van der Waals surface area contributed by atoms with Gasteiger partial charge in [-0.25, -0.2) is 0 Å². The normalized spacial score (nSPS) is 11.5. The Kier molecular flexibility index (Phi) is 7.41. The molecule has 1 aromatic heterocycles. The average Bonchev–Trinajstić information content (AvgIpc) is 3.61. The molecule has 0 aliphatic carbocycles. The molecule has 0 saturated carbocycles. The molecule has 0 atom stereocenters. The number of hydrogen-bond donors (Lipinski definition) is 0. The summed E-state index contributed by atoms with van der Waals surface area (Å²) in [5, 5.41) is 7.61. The minimum absolute atomic E-state index is 1.12.